The van der Waals surface area contributed by atoms with Gasteiger partial charge in [-0.3, -0.25) is 14.7 Å². The van der Waals surface area contributed by atoms with Gasteiger partial charge in [-0.25, -0.2) is 4.98 Å². The second-order valence-electron chi connectivity index (χ2n) is 5.52. The fourth-order valence-electron chi connectivity index (χ4n) is 2.75. The first-order chi connectivity index (χ1) is 10.1. The van der Waals surface area contributed by atoms with E-state index in [1.807, 2.05) is 6.92 Å². The summed E-state index contributed by atoms with van der Waals surface area (Å²) in [7, 11) is 0. The van der Waals surface area contributed by atoms with Crippen molar-refractivity contribution in [3.8, 4) is 0 Å². The van der Waals surface area contributed by atoms with E-state index in [1.165, 1.54) is 0 Å². The zero-order valence-electron chi connectivity index (χ0n) is 12.3. The van der Waals surface area contributed by atoms with Crippen LogP contribution >= 0.6 is 0 Å². The highest BCUT2D eigenvalue weighted by atomic mass is 16.4. The highest BCUT2D eigenvalue weighted by Crippen LogP contribution is 2.24. The van der Waals surface area contributed by atoms with Gasteiger partial charge >= 0.3 is 5.97 Å². The van der Waals surface area contributed by atoms with Crippen molar-refractivity contribution >= 4 is 11.9 Å². The molecule has 0 saturated heterocycles. The van der Waals surface area contributed by atoms with E-state index in [1.54, 1.807) is 0 Å². The Morgan fingerprint density at radius 3 is 2.81 bits per heavy atom. The largest absolute Gasteiger partial charge is 0.481 e. The first kappa shape index (κ1) is 15.5. The summed E-state index contributed by atoms with van der Waals surface area (Å²) in [5.74, 6) is -0.994. The van der Waals surface area contributed by atoms with Gasteiger partial charge < -0.3 is 10.4 Å². The zero-order chi connectivity index (χ0) is 15.2. The summed E-state index contributed by atoms with van der Waals surface area (Å²) < 4.78 is 0. The minimum atomic E-state index is -0.844. The van der Waals surface area contributed by atoms with Crippen molar-refractivity contribution in [2.75, 3.05) is 0 Å². The third-order valence-corrected chi connectivity index (χ3v) is 3.87. The highest BCUT2D eigenvalue weighted by molar-refractivity contribution is 5.91. The fourth-order valence-corrected chi connectivity index (χ4v) is 2.75. The molecule has 1 fully saturated rings. The van der Waals surface area contributed by atoms with Gasteiger partial charge in [0.1, 0.15) is 5.82 Å². The van der Waals surface area contributed by atoms with Gasteiger partial charge in [0.25, 0.3) is 5.91 Å². The van der Waals surface area contributed by atoms with Crippen LogP contribution in [0.1, 0.15) is 61.9 Å². The Balaban J connectivity index is 2.03. The van der Waals surface area contributed by atoms with Gasteiger partial charge in [0.2, 0.25) is 5.82 Å². The number of carboxylic acids is 1. The number of aliphatic carboxylic acids is 1. The normalized spacial score (nSPS) is 22.5. The first-order valence-electron chi connectivity index (χ1n) is 7.56. The third kappa shape index (κ3) is 4.03. The maximum atomic E-state index is 12.2. The smallest absolute Gasteiger partial charge is 0.308 e. The molecule has 0 radical (unpaired) electrons. The quantitative estimate of drug-likeness (QED) is 0.713. The molecular formula is C14H22N4O3. The van der Waals surface area contributed by atoms with Crippen molar-refractivity contribution in [1.82, 2.24) is 20.5 Å². The Hall–Kier alpha value is -1.92. The van der Waals surface area contributed by atoms with E-state index in [-0.39, 0.29) is 11.9 Å². The number of hydrogen-bond donors (Lipinski definition) is 3. The molecule has 1 aromatic heterocycles. The summed E-state index contributed by atoms with van der Waals surface area (Å²) in [4.78, 5) is 27.6. The molecule has 7 heteroatoms. The average Bonchev–Trinajstić information content (AvgIpc) is 2.78. The Morgan fingerprint density at radius 2 is 2.10 bits per heavy atom. The number of aromatic nitrogens is 3. The molecule has 1 aliphatic carbocycles. The number of aryl methyl sites for hydroxylation is 1. The number of H-pyrrole nitrogens is 1. The monoisotopic (exact) mass is 294 g/mol. The number of amides is 1. The molecule has 0 bridgehead atoms. The maximum Gasteiger partial charge on any atom is 0.308 e. The van der Waals surface area contributed by atoms with Crippen LogP contribution in [0.4, 0.5) is 0 Å². The van der Waals surface area contributed by atoms with Crippen molar-refractivity contribution in [2.45, 2.75) is 57.9 Å². The molecule has 116 valence electrons. The molecule has 7 nitrogen and oxygen atoms in total. The molecule has 2 unspecified atom stereocenters. The number of nitrogens with one attached hydrogen (secondary N) is 2. The number of carboxylic acid groups (broad SMARTS) is 1. The summed E-state index contributed by atoms with van der Waals surface area (Å²) in [6, 6.07) is -0.342. The van der Waals surface area contributed by atoms with Gasteiger partial charge in [-0.2, -0.15) is 0 Å². The standard InChI is InChI=1S/C14H22N4O3/c1-2-6-11-16-12(18-17-11)13(19)15-10-8-5-3-4-7-9(10)14(20)21/h9-10H,2-8H2,1H3,(H,15,19)(H,20,21)(H,16,17,18). The molecule has 1 amide bonds. The molecule has 3 N–H and O–H groups in total. The number of rotatable bonds is 5. The lowest BCUT2D eigenvalue weighted by molar-refractivity contribution is -0.142. The molecule has 0 aromatic carbocycles. The maximum absolute atomic E-state index is 12.2. The van der Waals surface area contributed by atoms with Crippen LogP contribution in [-0.2, 0) is 11.2 Å². The Bertz CT molecular complexity index is 500. The molecular weight excluding hydrogens is 272 g/mol. The summed E-state index contributed by atoms with van der Waals surface area (Å²) in [5, 5.41) is 18.7. The predicted molar refractivity (Wildman–Crippen MR) is 75.8 cm³/mol. The number of hydrogen-bond acceptors (Lipinski definition) is 4. The fraction of sp³-hybridized carbons (Fsp3) is 0.714. The lowest BCUT2D eigenvalue weighted by Crippen LogP contribution is -2.43. The molecule has 1 heterocycles. The van der Waals surface area contributed by atoms with Crippen molar-refractivity contribution in [1.29, 1.82) is 0 Å². The topological polar surface area (TPSA) is 108 Å². The van der Waals surface area contributed by atoms with Gasteiger partial charge in [-0.15, -0.1) is 5.10 Å². The minimum Gasteiger partial charge on any atom is -0.481 e. The lowest BCUT2D eigenvalue weighted by Gasteiger charge is -2.22. The van der Waals surface area contributed by atoms with Crippen molar-refractivity contribution < 1.29 is 14.7 Å². The summed E-state index contributed by atoms with van der Waals surface area (Å²) in [5.41, 5.74) is 0. The third-order valence-electron chi connectivity index (χ3n) is 3.87. The summed E-state index contributed by atoms with van der Waals surface area (Å²) >= 11 is 0. The van der Waals surface area contributed by atoms with E-state index in [9.17, 15) is 14.7 Å². The minimum absolute atomic E-state index is 0.0897. The molecule has 2 rings (SSSR count). The number of carbonyl (C=O) groups is 2. The van der Waals surface area contributed by atoms with E-state index in [4.69, 9.17) is 0 Å². The van der Waals surface area contributed by atoms with E-state index in [2.05, 4.69) is 20.5 Å². The van der Waals surface area contributed by atoms with Crippen LogP contribution in [0.2, 0.25) is 0 Å². The zero-order valence-corrected chi connectivity index (χ0v) is 12.3. The Kier molecular flexibility index (Phi) is 5.30. The Labute approximate surface area is 123 Å². The van der Waals surface area contributed by atoms with Crippen LogP contribution in [0.3, 0.4) is 0 Å². The van der Waals surface area contributed by atoms with Crippen molar-refractivity contribution in [3.05, 3.63) is 11.6 Å². The van der Waals surface area contributed by atoms with Crippen LogP contribution in [0, 0.1) is 5.92 Å². The van der Waals surface area contributed by atoms with Gasteiger partial charge in [0.05, 0.1) is 5.92 Å². The van der Waals surface area contributed by atoms with Gasteiger partial charge in [-0.1, -0.05) is 26.2 Å². The number of aromatic amines is 1. The number of nitrogens with zero attached hydrogens (tertiary/aromatic N) is 2. The summed E-state index contributed by atoms with van der Waals surface area (Å²) in [6.07, 6.45) is 5.79. The predicted octanol–water partition coefficient (Wildman–Crippen LogP) is 1.52. The van der Waals surface area contributed by atoms with Crippen LogP contribution < -0.4 is 5.32 Å². The SMILES string of the molecule is CCCc1nc(C(=O)NC2CCCCCC2C(=O)O)n[nH]1. The van der Waals surface area contributed by atoms with Crippen LogP contribution in [0.25, 0.3) is 0 Å². The van der Waals surface area contributed by atoms with Crippen LogP contribution in [0.5, 0.6) is 0 Å². The van der Waals surface area contributed by atoms with Crippen LogP contribution in [-0.4, -0.2) is 38.2 Å². The van der Waals surface area contributed by atoms with E-state index < -0.39 is 17.8 Å². The molecule has 2 atom stereocenters. The van der Waals surface area contributed by atoms with Crippen LogP contribution in [0.15, 0.2) is 0 Å². The highest BCUT2D eigenvalue weighted by Gasteiger charge is 2.31. The van der Waals surface area contributed by atoms with E-state index in [0.717, 1.165) is 32.1 Å². The number of carbonyl (C=O) groups excluding carboxylic acids is 1. The van der Waals surface area contributed by atoms with Crippen molar-refractivity contribution in [3.63, 3.8) is 0 Å². The second-order valence-corrected chi connectivity index (χ2v) is 5.52. The van der Waals surface area contributed by atoms with Crippen molar-refractivity contribution in [2.24, 2.45) is 5.92 Å². The second kappa shape index (κ2) is 7.19. The molecule has 1 aromatic rings. The summed E-state index contributed by atoms with van der Waals surface area (Å²) in [6.45, 7) is 2.02. The Morgan fingerprint density at radius 1 is 1.33 bits per heavy atom. The first-order valence-corrected chi connectivity index (χ1v) is 7.56. The average molecular weight is 294 g/mol. The molecule has 0 aliphatic heterocycles. The van der Waals surface area contributed by atoms with E-state index >= 15 is 0 Å². The lowest BCUT2D eigenvalue weighted by atomic mass is 9.95. The molecule has 1 aliphatic rings. The van der Waals surface area contributed by atoms with E-state index in [0.29, 0.717) is 18.7 Å². The molecule has 21 heavy (non-hydrogen) atoms. The molecule has 1 saturated carbocycles. The molecule has 0 spiro atoms. The van der Waals surface area contributed by atoms with Gasteiger partial charge in [0.15, 0.2) is 0 Å². The van der Waals surface area contributed by atoms with Gasteiger partial charge in [0, 0.05) is 12.5 Å². The van der Waals surface area contributed by atoms with Gasteiger partial charge in [-0.05, 0) is 19.3 Å².